The smallest absolute Gasteiger partial charge is 0.224 e. The van der Waals surface area contributed by atoms with E-state index < -0.39 is 0 Å². The molecule has 1 aromatic carbocycles. The fraction of sp³-hybridized carbons (Fsp3) is 0.476. The molecule has 2 atom stereocenters. The Morgan fingerprint density at radius 2 is 2.04 bits per heavy atom. The molecule has 138 valence electrons. The highest BCUT2D eigenvalue weighted by atomic mass is 19.1. The zero-order valence-electron chi connectivity index (χ0n) is 15.1. The summed E-state index contributed by atoms with van der Waals surface area (Å²) in [6.07, 6.45) is 4.27. The molecule has 2 aromatic rings. The minimum Gasteiger partial charge on any atom is -0.466 e. The van der Waals surface area contributed by atoms with E-state index in [2.05, 4.69) is 17.1 Å². The number of anilines is 2. The summed E-state index contributed by atoms with van der Waals surface area (Å²) >= 11 is 0. The molecule has 2 fully saturated rings. The Morgan fingerprint density at radius 1 is 1.27 bits per heavy atom. The van der Waals surface area contributed by atoms with E-state index >= 15 is 0 Å². The molecular formula is C21H25FN2O2. The summed E-state index contributed by atoms with van der Waals surface area (Å²) in [5, 5.41) is 2.78. The lowest BCUT2D eigenvalue weighted by Crippen LogP contribution is -2.19. The molecule has 2 aliphatic rings. The number of halogens is 1. The van der Waals surface area contributed by atoms with E-state index in [1.807, 2.05) is 12.1 Å². The maximum atomic E-state index is 14.3. The number of nitrogens with one attached hydrogen (secondary N) is 1. The molecule has 1 aliphatic carbocycles. The number of benzene rings is 1. The molecule has 5 heteroatoms. The van der Waals surface area contributed by atoms with E-state index in [4.69, 9.17) is 4.42 Å². The van der Waals surface area contributed by atoms with Gasteiger partial charge in [0.2, 0.25) is 5.91 Å². The van der Waals surface area contributed by atoms with Gasteiger partial charge in [-0.25, -0.2) is 4.39 Å². The number of amides is 1. The lowest BCUT2D eigenvalue weighted by molar-refractivity contribution is -0.116. The van der Waals surface area contributed by atoms with Crippen molar-refractivity contribution in [1.82, 2.24) is 0 Å². The second-order valence-electron chi connectivity index (χ2n) is 7.53. The van der Waals surface area contributed by atoms with Crippen molar-refractivity contribution in [3.63, 3.8) is 0 Å². The van der Waals surface area contributed by atoms with E-state index in [1.54, 1.807) is 12.1 Å². The van der Waals surface area contributed by atoms with Gasteiger partial charge in [0.25, 0.3) is 0 Å². The molecule has 1 aromatic heterocycles. The van der Waals surface area contributed by atoms with Gasteiger partial charge in [-0.3, -0.25) is 4.79 Å². The van der Waals surface area contributed by atoms with Crippen LogP contribution in [0, 0.1) is 11.7 Å². The monoisotopic (exact) mass is 356 g/mol. The highest BCUT2D eigenvalue weighted by Crippen LogP contribution is 2.47. The SMILES string of the molecule is CC1CC1c1ccc(CCC(=O)Nc2ccc(N3CCCC3)c(F)c2)o1. The van der Waals surface area contributed by atoms with Crippen molar-refractivity contribution >= 4 is 17.3 Å². The van der Waals surface area contributed by atoms with Crippen molar-refractivity contribution in [2.24, 2.45) is 5.92 Å². The van der Waals surface area contributed by atoms with Crippen LogP contribution in [0.5, 0.6) is 0 Å². The van der Waals surface area contributed by atoms with E-state index in [0.29, 0.717) is 36.1 Å². The Balaban J connectivity index is 1.30. The molecule has 2 heterocycles. The predicted molar refractivity (Wildman–Crippen MR) is 100 cm³/mol. The van der Waals surface area contributed by atoms with Gasteiger partial charge in [0, 0.05) is 37.5 Å². The number of rotatable bonds is 6. The third kappa shape index (κ3) is 3.76. The van der Waals surface area contributed by atoms with Gasteiger partial charge in [-0.15, -0.1) is 0 Å². The number of hydrogen-bond acceptors (Lipinski definition) is 3. The van der Waals surface area contributed by atoms with Crippen LogP contribution in [0.1, 0.15) is 50.0 Å². The Hall–Kier alpha value is -2.30. The quantitative estimate of drug-likeness (QED) is 0.815. The molecular weight excluding hydrogens is 331 g/mol. The van der Waals surface area contributed by atoms with Gasteiger partial charge in [0.15, 0.2) is 0 Å². The van der Waals surface area contributed by atoms with Gasteiger partial charge < -0.3 is 14.6 Å². The fourth-order valence-corrected chi connectivity index (χ4v) is 3.71. The Kier molecular flexibility index (Phi) is 4.70. The van der Waals surface area contributed by atoms with Crippen molar-refractivity contribution in [2.75, 3.05) is 23.3 Å². The van der Waals surface area contributed by atoms with Crippen LogP contribution in [0.2, 0.25) is 0 Å². The summed E-state index contributed by atoms with van der Waals surface area (Å²) in [5.41, 5.74) is 1.13. The van der Waals surface area contributed by atoms with Crippen molar-refractivity contribution in [1.29, 1.82) is 0 Å². The maximum Gasteiger partial charge on any atom is 0.224 e. The zero-order chi connectivity index (χ0) is 18.1. The largest absolute Gasteiger partial charge is 0.466 e. The highest BCUT2D eigenvalue weighted by molar-refractivity contribution is 5.91. The molecule has 1 aliphatic heterocycles. The Morgan fingerprint density at radius 3 is 2.73 bits per heavy atom. The summed E-state index contributed by atoms with van der Waals surface area (Å²) in [5.74, 6) is 2.72. The first-order chi connectivity index (χ1) is 12.6. The predicted octanol–water partition coefficient (Wildman–Crippen LogP) is 4.71. The molecule has 0 radical (unpaired) electrons. The van der Waals surface area contributed by atoms with Crippen LogP contribution in [-0.4, -0.2) is 19.0 Å². The van der Waals surface area contributed by atoms with E-state index in [1.165, 1.54) is 12.5 Å². The van der Waals surface area contributed by atoms with E-state index in [-0.39, 0.29) is 11.7 Å². The number of aryl methyl sites for hydroxylation is 1. The standard InChI is InChI=1S/C21H25FN2O2/c1-14-12-17(14)20-8-5-16(26-20)6-9-21(25)23-15-4-7-19(18(22)13-15)24-10-2-3-11-24/h4-5,7-8,13-14,17H,2-3,6,9-12H2,1H3,(H,23,25). The number of carbonyl (C=O) groups excluding carboxylic acids is 1. The van der Waals surface area contributed by atoms with Crippen molar-refractivity contribution < 1.29 is 13.6 Å². The summed E-state index contributed by atoms with van der Waals surface area (Å²) in [6.45, 7) is 4.01. The highest BCUT2D eigenvalue weighted by Gasteiger charge is 2.36. The zero-order valence-corrected chi connectivity index (χ0v) is 15.1. The Labute approximate surface area is 153 Å². The van der Waals surface area contributed by atoms with Crippen molar-refractivity contribution in [2.45, 2.75) is 44.9 Å². The lowest BCUT2D eigenvalue weighted by Gasteiger charge is -2.18. The topological polar surface area (TPSA) is 45.5 Å². The molecule has 0 spiro atoms. The second-order valence-corrected chi connectivity index (χ2v) is 7.53. The fourth-order valence-electron chi connectivity index (χ4n) is 3.71. The third-order valence-electron chi connectivity index (χ3n) is 5.43. The number of carbonyl (C=O) groups is 1. The van der Waals surface area contributed by atoms with Gasteiger partial charge in [-0.05, 0) is 55.5 Å². The molecule has 1 saturated carbocycles. The van der Waals surface area contributed by atoms with Gasteiger partial charge in [0.05, 0.1) is 5.69 Å². The number of nitrogens with zero attached hydrogens (tertiary/aromatic N) is 1. The Bertz CT molecular complexity index is 795. The van der Waals surface area contributed by atoms with Crippen LogP contribution in [0.15, 0.2) is 34.7 Å². The van der Waals surface area contributed by atoms with Crippen LogP contribution in [0.25, 0.3) is 0 Å². The average molecular weight is 356 g/mol. The van der Waals surface area contributed by atoms with E-state index in [0.717, 1.165) is 37.5 Å². The second kappa shape index (κ2) is 7.14. The van der Waals surface area contributed by atoms with Crippen molar-refractivity contribution in [3.8, 4) is 0 Å². The summed E-state index contributed by atoms with van der Waals surface area (Å²) in [6, 6.07) is 8.91. The lowest BCUT2D eigenvalue weighted by atomic mass is 10.2. The minimum atomic E-state index is -0.279. The van der Waals surface area contributed by atoms with Gasteiger partial charge >= 0.3 is 0 Å². The molecule has 1 N–H and O–H groups in total. The molecule has 26 heavy (non-hydrogen) atoms. The molecule has 2 unspecified atom stereocenters. The normalized spacial score (nSPS) is 21.8. The third-order valence-corrected chi connectivity index (χ3v) is 5.43. The maximum absolute atomic E-state index is 14.3. The van der Waals surface area contributed by atoms with Crippen LogP contribution in [0.3, 0.4) is 0 Å². The molecule has 4 rings (SSSR count). The van der Waals surface area contributed by atoms with Gasteiger partial charge in [-0.2, -0.15) is 0 Å². The van der Waals surface area contributed by atoms with Crippen LogP contribution in [-0.2, 0) is 11.2 Å². The molecule has 1 saturated heterocycles. The first-order valence-electron chi connectivity index (χ1n) is 9.53. The number of furan rings is 1. The van der Waals surface area contributed by atoms with Gasteiger partial charge in [-0.1, -0.05) is 6.92 Å². The first kappa shape index (κ1) is 17.1. The first-order valence-corrected chi connectivity index (χ1v) is 9.53. The van der Waals surface area contributed by atoms with Crippen LogP contribution >= 0.6 is 0 Å². The average Bonchev–Trinajstić information content (AvgIpc) is 3.06. The number of hydrogen-bond donors (Lipinski definition) is 1. The summed E-state index contributed by atoms with van der Waals surface area (Å²) in [4.78, 5) is 14.2. The van der Waals surface area contributed by atoms with Crippen LogP contribution in [0.4, 0.5) is 15.8 Å². The van der Waals surface area contributed by atoms with E-state index in [9.17, 15) is 9.18 Å². The summed E-state index contributed by atoms with van der Waals surface area (Å²) < 4.78 is 20.1. The van der Waals surface area contributed by atoms with Crippen molar-refractivity contribution in [3.05, 3.63) is 47.7 Å². The minimum absolute atomic E-state index is 0.129. The van der Waals surface area contributed by atoms with Gasteiger partial charge in [0.1, 0.15) is 17.3 Å². The van der Waals surface area contributed by atoms with Crippen LogP contribution < -0.4 is 10.2 Å². The summed E-state index contributed by atoms with van der Waals surface area (Å²) in [7, 11) is 0. The molecule has 1 amide bonds. The molecule has 4 nitrogen and oxygen atoms in total. The molecule has 0 bridgehead atoms.